The minimum absolute atomic E-state index is 0.266. The van der Waals surface area contributed by atoms with Gasteiger partial charge in [-0.1, -0.05) is 24.3 Å². The number of urea groups is 1. The lowest BCUT2D eigenvalue weighted by molar-refractivity contribution is 0.180. The molecule has 7 heteroatoms. The fourth-order valence-corrected chi connectivity index (χ4v) is 3.42. The number of hydrogen-bond donors (Lipinski definition) is 1. The third-order valence-corrected chi connectivity index (χ3v) is 4.69. The van der Waals surface area contributed by atoms with E-state index in [2.05, 4.69) is 5.32 Å². The van der Waals surface area contributed by atoms with Gasteiger partial charge in [0, 0.05) is 30.5 Å². The number of halogens is 3. The zero-order valence-electron chi connectivity index (χ0n) is 14.2. The predicted molar refractivity (Wildman–Crippen MR) is 94.8 cm³/mol. The number of aromatic nitrogens is 1. The molecule has 0 saturated heterocycles. The van der Waals surface area contributed by atoms with Crippen molar-refractivity contribution in [1.82, 2.24) is 9.47 Å². The number of hydrogen-bond acceptors (Lipinski definition) is 1. The molecule has 1 atom stereocenters. The summed E-state index contributed by atoms with van der Waals surface area (Å²) in [4.78, 5) is 14.2. The average molecular weight is 371 g/mol. The van der Waals surface area contributed by atoms with E-state index >= 15 is 0 Å². The molecule has 1 aromatic heterocycles. The van der Waals surface area contributed by atoms with Crippen LogP contribution in [0.2, 0.25) is 0 Å². The van der Waals surface area contributed by atoms with Crippen LogP contribution >= 0.6 is 0 Å². The Morgan fingerprint density at radius 3 is 2.33 bits per heavy atom. The third kappa shape index (κ3) is 3.05. The molecule has 4 rings (SSSR count). The Morgan fingerprint density at radius 2 is 1.59 bits per heavy atom. The Hall–Kier alpha value is -3.22. The van der Waals surface area contributed by atoms with Crippen molar-refractivity contribution in [2.45, 2.75) is 12.6 Å². The first-order chi connectivity index (χ1) is 13.1. The molecule has 2 heterocycles. The van der Waals surface area contributed by atoms with Gasteiger partial charge >= 0.3 is 6.03 Å². The quantitative estimate of drug-likeness (QED) is 0.705. The highest BCUT2D eigenvalue weighted by Crippen LogP contribution is 2.34. The van der Waals surface area contributed by atoms with Crippen molar-refractivity contribution >= 4 is 11.7 Å². The van der Waals surface area contributed by atoms with Gasteiger partial charge in [-0.2, -0.15) is 0 Å². The summed E-state index contributed by atoms with van der Waals surface area (Å²) in [6.45, 7) is 0.767. The molecule has 3 aromatic rings. The van der Waals surface area contributed by atoms with E-state index < -0.39 is 35.2 Å². The third-order valence-electron chi connectivity index (χ3n) is 4.69. The van der Waals surface area contributed by atoms with Crippen molar-refractivity contribution in [2.75, 3.05) is 11.9 Å². The summed E-state index contributed by atoms with van der Waals surface area (Å²) >= 11 is 0. The predicted octanol–water partition coefficient (Wildman–Crippen LogP) is 4.54. The smallest absolute Gasteiger partial charge is 0.322 e. The molecule has 27 heavy (non-hydrogen) atoms. The van der Waals surface area contributed by atoms with Crippen molar-refractivity contribution < 1.29 is 18.0 Å². The first-order valence-corrected chi connectivity index (χ1v) is 8.47. The number of rotatable bonds is 2. The van der Waals surface area contributed by atoms with Gasteiger partial charge in [0.2, 0.25) is 0 Å². The van der Waals surface area contributed by atoms with Crippen molar-refractivity contribution in [1.29, 1.82) is 0 Å². The van der Waals surface area contributed by atoms with Crippen molar-refractivity contribution in [3.05, 3.63) is 89.5 Å². The van der Waals surface area contributed by atoms with E-state index in [0.29, 0.717) is 12.1 Å². The van der Waals surface area contributed by atoms with Crippen LogP contribution in [-0.4, -0.2) is 22.0 Å². The van der Waals surface area contributed by atoms with Crippen LogP contribution < -0.4 is 5.32 Å². The maximum Gasteiger partial charge on any atom is 0.322 e. The van der Waals surface area contributed by atoms with Crippen LogP contribution in [0.25, 0.3) is 0 Å². The molecule has 0 fully saturated rings. The highest BCUT2D eigenvalue weighted by atomic mass is 19.1. The van der Waals surface area contributed by atoms with E-state index in [1.54, 1.807) is 24.3 Å². The minimum Gasteiger partial charge on any atom is -0.348 e. The average Bonchev–Trinajstić information content (AvgIpc) is 3.13. The van der Waals surface area contributed by atoms with E-state index in [-0.39, 0.29) is 6.54 Å². The lowest BCUT2D eigenvalue weighted by Gasteiger charge is -2.37. The van der Waals surface area contributed by atoms with E-state index in [1.807, 2.05) is 16.8 Å². The molecule has 0 aliphatic carbocycles. The Morgan fingerprint density at radius 1 is 0.889 bits per heavy atom. The highest BCUT2D eigenvalue weighted by Gasteiger charge is 2.34. The van der Waals surface area contributed by atoms with Gasteiger partial charge in [0.05, 0.1) is 0 Å². The summed E-state index contributed by atoms with van der Waals surface area (Å²) in [5.74, 6) is -2.19. The fourth-order valence-electron chi connectivity index (χ4n) is 3.42. The van der Waals surface area contributed by atoms with Crippen LogP contribution in [-0.2, 0) is 6.54 Å². The van der Waals surface area contributed by atoms with Crippen LogP contribution in [0, 0.1) is 17.5 Å². The molecule has 0 radical (unpaired) electrons. The molecule has 4 nitrogen and oxygen atoms in total. The summed E-state index contributed by atoms with van der Waals surface area (Å²) in [6.07, 6.45) is 1.86. The highest BCUT2D eigenvalue weighted by molar-refractivity contribution is 5.90. The molecule has 0 bridgehead atoms. The second-order valence-electron chi connectivity index (χ2n) is 6.27. The summed E-state index contributed by atoms with van der Waals surface area (Å²) in [5.41, 5.74) is 0.535. The van der Waals surface area contributed by atoms with Crippen LogP contribution in [0.4, 0.5) is 23.7 Å². The fraction of sp³-hybridized carbons (Fsp3) is 0.150. The number of fused-ring (bicyclic) bond motifs is 1. The topological polar surface area (TPSA) is 37.3 Å². The first kappa shape index (κ1) is 17.2. The van der Waals surface area contributed by atoms with Gasteiger partial charge in [-0.05, 0) is 30.3 Å². The maximum atomic E-state index is 14.5. The summed E-state index contributed by atoms with van der Waals surface area (Å²) in [5, 5.41) is 2.30. The van der Waals surface area contributed by atoms with Gasteiger partial charge in [0.1, 0.15) is 29.2 Å². The number of nitrogens with zero attached hydrogens (tertiary/aromatic N) is 2. The summed E-state index contributed by atoms with van der Waals surface area (Å²) < 4.78 is 44.2. The van der Waals surface area contributed by atoms with Gasteiger partial charge in [0.25, 0.3) is 0 Å². The molecule has 0 spiro atoms. The van der Waals surface area contributed by atoms with Crippen LogP contribution in [0.1, 0.15) is 17.3 Å². The van der Waals surface area contributed by atoms with E-state index in [0.717, 1.165) is 17.8 Å². The normalized spacial score (nSPS) is 16.1. The molecular weight excluding hydrogens is 355 g/mol. The number of anilines is 1. The van der Waals surface area contributed by atoms with Crippen LogP contribution in [0.5, 0.6) is 0 Å². The van der Waals surface area contributed by atoms with Crippen molar-refractivity contribution in [2.24, 2.45) is 0 Å². The molecule has 1 N–H and O–H groups in total. The number of nitrogens with one attached hydrogen (secondary N) is 1. The molecule has 0 saturated carbocycles. The number of para-hydroxylation sites is 1. The summed E-state index contributed by atoms with van der Waals surface area (Å²) in [7, 11) is 0. The molecule has 138 valence electrons. The SMILES string of the molecule is O=C(Nc1c(F)cccc1F)N1CCn2cccc2[C@H]1c1ccccc1F. The van der Waals surface area contributed by atoms with Crippen molar-refractivity contribution in [3.8, 4) is 0 Å². The lowest BCUT2D eigenvalue weighted by Crippen LogP contribution is -2.45. The van der Waals surface area contributed by atoms with E-state index in [4.69, 9.17) is 0 Å². The molecule has 0 unspecified atom stereocenters. The van der Waals surface area contributed by atoms with Gasteiger partial charge in [-0.25, -0.2) is 18.0 Å². The van der Waals surface area contributed by atoms with Gasteiger partial charge in [-0.3, -0.25) is 0 Å². The Kier molecular flexibility index (Phi) is 4.35. The monoisotopic (exact) mass is 371 g/mol. The lowest BCUT2D eigenvalue weighted by atomic mass is 9.99. The Balaban J connectivity index is 1.73. The Labute approximate surface area is 153 Å². The second-order valence-corrected chi connectivity index (χ2v) is 6.27. The number of amides is 2. The second kappa shape index (κ2) is 6.83. The summed E-state index contributed by atoms with van der Waals surface area (Å²) in [6, 6.07) is 11.8. The van der Waals surface area contributed by atoms with Gasteiger partial charge in [0.15, 0.2) is 0 Å². The zero-order chi connectivity index (χ0) is 19.0. The van der Waals surface area contributed by atoms with Crippen molar-refractivity contribution in [3.63, 3.8) is 0 Å². The molecule has 1 aliphatic rings. The largest absolute Gasteiger partial charge is 0.348 e. The van der Waals surface area contributed by atoms with Gasteiger partial charge in [-0.15, -0.1) is 0 Å². The van der Waals surface area contributed by atoms with Crippen LogP contribution in [0.15, 0.2) is 60.8 Å². The van der Waals surface area contributed by atoms with Gasteiger partial charge < -0.3 is 14.8 Å². The van der Waals surface area contributed by atoms with E-state index in [1.165, 1.54) is 17.0 Å². The number of carbonyl (C=O) groups is 1. The molecule has 1 aliphatic heterocycles. The first-order valence-electron chi connectivity index (χ1n) is 8.47. The van der Waals surface area contributed by atoms with Crippen LogP contribution in [0.3, 0.4) is 0 Å². The molecule has 2 amide bonds. The number of carbonyl (C=O) groups excluding carboxylic acids is 1. The maximum absolute atomic E-state index is 14.5. The standard InChI is InChI=1S/C20H16F3N3O/c21-14-6-2-1-5-13(14)19-17-9-4-10-25(17)11-12-26(19)20(27)24-18-15(22)7-3-8-16(18)23/h1-10,19H,11-12H2,(H,24,27)/t19-/m1/s1. The number of benzene rings is 2. The van der Waals surface area contributed by atoms with E-state index in [9.17, 15) is 18.0 Å². The Bertz CT molecular complexity index is 981. The zero-order valence-corrected chi connectivity index (χ0v) is 14.2. The minimum atomic E-state index is -0.869. The molecule has 2 aromatic carbocycles. The molecular formula is C20H16F3N3O.